The van der Waals surface area contributed by atoms with Crippen LogP contribution in [-0.4, -0.2) is 23.0 Å². The van der Waals surface area contributed by atoms with Crippen LogP contribution in [0, 0.1) is 0 Å². The second kappa shape index (κ2) is 6.14. The summed E-state index contributed by atoms with van der Waals surface area (Å²) in [5.74, 6) is 2.01. The number of nitrogens with zero attached hydrogens (tertiary/aromatic N) is 1. The van der Waals surface area contributed by atoms with Gasteiger partial charge in [-0.25, -0.2) is 4.98 Å². The number of pyridine rings is 1. The minimum Gasteiger partial charge on any atom is -0.368 e. The van der Waals surface area contributed by atoms with Crippen LogP contribution in [0.1, 0.15) is 13.3 Å². The van der Waals surface area contributed by atoms with Gasteiger partial charge in [0.25, 0.3) is 0 Å². The van der Waals surface area contributed by atoms with Crippen molar-refractivity contribution in [2.45, 2.75) is 19.4 Å². The fourth-order valence-corrected chi connectivity index (χ4v) is 1.86. The highest BCUT2D eigenvalue weighted by atomic mass is 35.5. The summed E-state index contributed by atoms with van der Waals surface area (Å²) < 4.78 is 0. The van der Waals surface area contributed by atoms with Crippen LogP contribution >= 0.6 is 23.4 Å². The van der Waals surface area contributed by atoms with Crippen molar-refractivity contribution >= 4 is 29.2 Å². The Morgan fingerprint density at radius 1 is 1.57 bits per heavy atom. The van der Waals surface area contributed by atoms with Crippen LogP contribution in [0.4, 0.5) is 5.82 Å². The summed E-state index contributed by atoms with van der Waals surface area (Å²) in [5, 5.41) is 3.84. The molecular weight excluding hydrogens is 216 g/mol. The lowest BCUT2D eigenvalue weighted by atomic mass is 10.2. The Kier molecular flexibility index (Phi) is 5.12. The molecule has 78 valence electrons. The van der Waals surface area contributed by atoms with Crippen molar-refractivity contribution in [1.29, 1.82) is 0 Å². The molecule has 1 aromatic rings. The molecule has 1 unspecified atom stereocenters. The van der Waals surface area contributed by atoms with Gasteiger partial charge < -0.3 is 5.32 Å². The fourth-order valence-electron chi connectivity index (χ4n) is 1.11. The largest absolute Gasteiger partial charge is 0.368 e. The van der Waals surface area contributed by atoms with E-state index in [-0.39, 0.29) is 0 Å². The molecule has 1 heterocycles. The van der Waals surface area contributed by atoms with E-state index in [1.165, 1.54) is 0 Å². The number of aromatic nitrogens is 1. The van der Waals surface area contributed by atoms with E-state index in [0.717, 1.165) is 18.0 Å². The zero-order valence-corrected chi connectivity index (χ0v) is 10.0. The van der Waals surface area contributed by atoms with Gasteiger partial charge in [0.05, 0.1) is 0 Å². The Hall–Kier alpha value is -0.410. The van der Waals surface area contributed by atoms with Gasteiger partial charge in [0.2, 0.25) is 0 Å². The Labute approximate surface area is 94.5 Å². The Balaban J connectivity index is 2.43. The lowest BCUT2D eigenvalue weighted by Gasteiger charge is -2.13. The monoisotopic (exact) mass is 230 g/mol. The first kappa shape index (κ1) is 11.7. The number of anilines is 1. The van der Waals surface area contributed by atoms with Crippen molar-refractivity contribution in [2.75, 3.05) is 17.3 Å². The van der Waals surface area contributed by atoms with Gasteiger partial charge in [0, 0.05) is 6.04 Å². The molecule has 0 aliphatic carbocycles. The molecule has 14 heavy (non-hydrogen) atoms. The van der Waals surface area contributed by atoms with Crippen LogP contribution in [0.15, 0.2) is 18.2 Å². The van der Waals surface area contributed by atoms with E-state index >= 15 is 0 Å². The molecule has 0 aromatic carbocycles. The van der Waals surface area contributed by atoms with Gasteiger partial charge in [-0.1, -0.05) is 17.7 Å². The molecule has 0 radical (unpaired) electrons. The SMILES string of the molecule is CSCCC(C)Nc1cccc(Cl)n1. The average molecular weight is 231 g/mol. The fraction of sp³-hybridized carbons (Fsp3) is 0.500. The van der Waals surface area contributed by atoms with E-state index in [4.69, 9.17) is 11.6 Å². The van der Waals surface area contributed by atoms with Crippen molar-refractivity contribution in [1.82, 2.24) is 4.98 Å². The van der Waals surface area contributed by atoms with Gasteiger partial charge in [-0.15, -0.1) is 0 Å². The molecule has 0 saturated carbocycles. The molecule has 1 N–H and O–H groups in total. The molecule has 0 spiro atoms. The number of hydrogen-bond donors (Lipinski definition) is 1. The molecule has 0 aliphatic rings. The number of thioether (sulfide) groups is 1. The number of nitrogens with one attached hydrogen (secondary N) is 1. The Morgan fingerprint density at radius 3 is 3.00 bits per heavy atom. The van der Waals surface area contributed by atoms with Crippen LogP contribution in [0.25, 0.3) is 0 Å². The highest BCUT2D eigenvalue weighted by Gasteiger charge is 2.02. The van der Waals surface area contributed by atoms with Gasteiger partial charge in [-0.05, 0) is 37.5 Å². The number of rotatable bonds is 5. The summed E-state index contributed by atoms with van der Waals surface area (Å²) in [5.41, 5.74) is 0. The van der Waals surface area contributed by atoms with Crippen molar-refractivity contribution < 1.29 is 0 Å². The lowest BCUT2D eigenvalue weighted by molar-refractivity contribution is 0.767. The van der Waals surface area contributed by atoms with E-state index in [1.807, 2.05) is 23.9 Å². The lowest BCUT2D eigenvalue weighted by Crippen LogP contribution is -2.16. The highest BCUT2D eigenvalue weighted by molar-refractivity contribution is 7.98. The summed E-state index contributed by atoms with van der Waals surface area (Å²) in [4.78, 5) is 4.17. The number of halogens is 1. The average Bonchev–Trinajstić information content (AvgIpc) is 2.15. The number of hydrogen-bond acceptors (Lipinski definition) is 3. The molecule has 2 nitrogen and oxygen atoms in total. The van der Waals surface area contributed by atoms with Gasteiger partial charge in [0.15, 0.2) is 0 Å². The van der Waals surface area contributed by atoms with Crippen molar-refractivity contribution in [3.8, 4) is 0 Å². The normalized spacial score (nSPS) is 12.5. The predicted octanol–water partition coefficient (Wildman–Crippen LogP) is 3.29. The molecule has 0 amide bonds. The topological polar surface area (TPSA) is 24.9 Å². The van der Waals surface area contributed by atoms with Crippen LogP contribution in [-0.2, 0) is 0 Å². The molecule has 1 aromatic heterocycles. The van der Waals surface area contributed by atoms with E-state index < -0.39 is 0 Å². The van der Waals surface area contributed by atoms with E-state index in [1.54, 1.807) is 6.07 Å². The molecule has 1 atom stereocenters. The van der Waals surface area contributed by atoms with Gasteiger partial charge >= 0.3 is 0 Å². The highest BCUT2D eigenvalue weighted by Crippen LogP contribution is 2.11. The smallest absolute Gasteiger partial charge is 0.131 e. The van der Waals surface area contributed by atoms with Crippen LogP contribution in [0.2, 0.25) is 5.15 Å². The molecule has 0 fully saturated rings. The van der Waals surface area contributed by atoms with Crippen LogP contribution in [0.5, 0.6) is 0 Å². The van der Waals surface area contributed by atoms with Crippen molar-refractivity contribution in [3.63, 3.8) is 0 Å². The Bertz CT molecular complexity index is 281. The molecule has 4 heteroatoms. The second-order valence-electron chi connectivity index (χ2n) is 3.17. The van der Waals surface area contributed by atoms with E-state index in [2.05, 4.69) is 23.5 Å². The van der Waals surface area contributed by atoms with Gasteiger partial charge in [-0.3, -0.25) is 0 Å². The van der Waals surface area contributed by atoms with Crippen LogP contribution < -0.4 is 5.32 Å². The third kappa shape index (κ3) is 4.20. The first-order chi connectivity index (χ1) is 6.72. The summed E-state index contributed by atoms with van der Waals surface area (Å²) in [7, 11) is 0. The van der Waals surface area contributed by atoms with E-state index in [9.17, 15) is 0 Å². The van der Waals surface area contributed by atoms with Crippen molar-refractivity contribution in [2.24, 2.45) is 0 Å². The minimum absolute atomic E-state index is 0.438. The third-order valence-electron chi connectivity index (χ3n) is 1.86. The first-order valence-corrected chi connectivity index (χ1v) is 6.37. The summed E-state index contributed by atoms with van der Waals surface area (Å²) in [6, 6.07) is 6.05. The van der Waals surface area contributed by atoms with E-state index in [0.29, 0.717) is 11.2 Å². The second-order valence-corrected chi connectivity index (χ2v) is 4.55. The predicted molar refractivity (Wildman–Crippen MR) is 65.3 cm³/mol. The summed E-state index contributed by atoms with van der Waals surface area (Å²) >= 11 is 7.63. The first-order valence-electron chi connectivity index (χ1n) is 4.60. The summed E-state index contributed by atoms with van der Waals surface area (Å²) in [6.45, 7) is 2.15. The third-order valence-corrected chi connectivity index (χ3v) is 2.72. The van der Waals surface area contributed by atoms with Crippen molar-refractivity contribution in [3.05, 3.63) is 23.4 Å². The molecule has 0 bridgehead atoms. The maximum absolute atomic E-state index is 5.78. The van der Waals surface area contributed by atoms with Gasteiger partial charge in [-0.2, -0.15) is 11.8 Å². The zero-order chi connectivity index (χ0) is 10.4. The minimum atomic E-state index is 0.438. The maximum atomic E-state index is 5.78. The maximum Gasteiger partial charge on any atom is 0.131 e. The summed E-state index contributed by atoms with van der Waals surface area (Å²) in [6.07, 6.45) is 3.25. The van der Waals surface area contributed by atoms with Crippen LogP contribution in [0.3, 0.4) is 0 Å². The molecule has 0 aliphatic heterocycles. The molecule has 1 rings (SSSR count). The molecule has 0 saturated heterocycles. The zero-order valence-electron chi connectivity index (χ0n) is 8.46. The quantitative estimate of drug-likeness (QED) is 0.786. The standard InChI is InChI=1S/C10H15ClN2S/c1-8(6-7-14-2)12-10-5-3-4-9(11)13-10/h3-5,8H,6-7H2,1-2H3,(H,12,13). The van der Waals surface area contributed by atoms with Gasteiger partial charge in [0.1, 0.15) is 11.0 Å². The Morgan fingerprint density at radius 2 is 2.36 bits per heavy atom. The molecular formula is C10H15ClN2S.